The van der Waals surface area contributed by atoms with E-state index in [1.54, 1.807) is 6.08 Å². The number of allylic oxidation sites excluding steroid dienone is 1. The van der Waals surface area contributed by atoms with Gasteiger partial charge in [-0.15, -0.1) is 6.58 Å². The SMILES string of the molecule is C=CCOC(=O)CC(CC=C)(C1CCCCC1)C1CCCCC1. The molecule has 0 heterocycles. The Morgan fingerprint density at radius 1 is 0.913 bits per heavy atom. The maximum Gasteiger partial charge on any atom is 0.306 e. The summed E-state index contributed by atoms with van der Waals surface area (Å²) in [7, 11) is 0. The standard InChI is InChI=1S/C21H34O2/c1-3-15-21(17-20(22)23-16-4-2,18-11-7-5-8-12-18)19-13-9-6-10-14-19/h3-4,18-19H,1-2,5-17H2. The van der Waals surface area contributed by atoms with E-state index in [1.807, 2.05) is 0 Å². The third-order valence-electron chi connectivity index (χ3n) is 6.20. The van der Waals surface area contributed by atoms with Gasteiger partial charge in [-0.3, -0.25) is 4.79 Å². The Hall–Kier alpha value is -1.05. The van der Waals surface area contributed by atoms with Crippen LogP contribution in [-0.2, 0) is 9.53 Å². The maximum atomic E-state index is 12.5. The van der Waals surface area contributed by atoms with Crippen LogP contribution in [0.25, 0.3) is 0 Å². The zero-order valence-corrected chi connectivity index (χ0v) is 14.7. The molecule has 0 aromatic rings. The van der Waals surface area contributed by atoms with Crippen molar-refractivity contribution >= 4 is 5.97 Å². The van der Waals surface area contributed by atoms with Crippen LogP contribution >= 0.6 is 0 Å². The first-order valence-electron chi connectivity index (χ1n) is 9.60. The number of hydrogen-bond donors (Lipinski definition) is 0. The number of carbonyl (C=O) groups is 1. The lowest BCUT2D eigenvalue weighted by Gasteiger charge is -2.48. The van der Waals surface area contributed by atoms with Crippen molar-refractivity contribution in [2.45, 2.75) is 77.0 Å². The molecule has 2 aliphatic carbocycles. The third kappa shape index (κ3) is 4.71. The van der Waals surface area contributed by atoms with Crippen LogP contribution < -0.4 is 0 Å². The lowest BCUT2D eigenvalue weighted by molar-refractivity contribution is -0.148. The van der Waals surface area contributed by atoms with E-state index in [9.17, 15) is 4.79 Å². The monoisotopic (exact) mass is 318 g/mol. The summed E-state index contributed by atoms with van der Waals surface area (Å²) >= 11 is 0. The summed E-state index contributed by atoms with van der Waals surface area (Å²) in [4.78, 5) is 12.5. The van der Waals surface area contributed by atoms with Crippen molar-refractivity contribution in [3.63, 3.8) is 0 Å². The van der Waals surface area contributed by atoms with E-state index in [1.165, 1.54) is 64.2 Å². The molecular weight excluding hydrogens is 284 g/mol. The zero-order valence-electron chi connectivity index (χ0n) is 14.7. The second-order valence-corrected chi connectivity index (χ2v) is 7.54. The van der Waals surface area contributed by atoms with Crippen molar-refractivity contribution in [2.24, 2.45) is 17.3 Å². The van der Waals surface area contributed by atoms with E-state index in [-0.39, 0.29) is 11.4 Å². The highest BCUT2D eigenvalue weighted by molar-refractivity contribution is 5.70. The van der Waals surface area contributed by atoms with Gasteiger partial charge in [0.1, 0.15) is 6.61 Å². The molecule has 130 valence electrons. The lowest BCUT2D eigenvalue weighted by Crippen LogP contribution is -2.42. The molecule has 2 nitrogen and oxygen atoms in total. The molecule has 0 unspecified atom stereocenters. The molecular formula is C21H34O2. The predicted octanol–water partition coefficient (Wildman–Crippen LogP) is 5.83. The van der Waals surface area contributed by atoms with E-state index in [2.05, 4.69) is 19.2 Å². The minimum atomic E-state index is -0.0390. The molecule has 0 N–H and O–H groups in total. The van der Waals surface area contributed by atoms with Crippen molar-refractivity contribution in [1.82, 2.24) is 0 Å². The van der Waals surface area contributed by atoms with Crippen LogP contribution in [0.15, 0.2) is 25.3 Å². The number of ether oxygens (including phenoxy) is 1. The van der Waals surface area contributed by atoms with Gasteiger partial charge >= 0.3 is 5.97 Å². The highest BCUT2D eigenvalue weighted by Gasteiger charge is 2.46. The fourth-order valence-electron chi connectivity index (χ4n) is 5.12. The molecule has 0 spiro atoms. The molecule has 2 heteroatoms. The second kappa shape index (κ2) is 9.30. The van der Waals surface area contributed by atoms with Gasteiger partial charge in [0.05, 0.1) is 6.42 Å². The number of carbonyl (C=O) groups excluding carboxylic acids is 1. The van der Waals surface area contributed by atoms with E-state index in [4.69, 9.17) is 4.74 Å². The summed E-state index contributed by atoms with van der Waals surface area (Å²) in [5.74, 6) is 1.28. The molecule has 0 aromatic heterocycles. The Balaban J connectivity index is 2.22. The summed E-state index contributed by atoms with van der Waals surface area (Å²) in [5.41, 5.74) is 0.0842. The summed E-state index contributed by atoms with van der Waals surface area (Å²) in [6, 6.07) is 0. The smallest absolute Gasteiger partial charge is 0.306 e. The van der Waals surface area contributed by atoms with Crippen LogP contribution in [0.1, 0.15) is 77.0 Å². The van der Waals surface area contributed by atoms with Crippen LogP contribution in [0.2, 0.25) is 0 Å². The largest absolute Gasteiger partial charge is 0.461 e. The molecule has 23 heavy (non-hydrogen) atoms. The van der Waals surface area contributed by atoms with Crippen molar-refractivity contribution in [1.29, 1.82) is 0 Å². The molecule has 2 fully saturated rings. The van der Waals surface area contributed by atoms with Gasteiger partial charge in [0.15, 0.2) is 0 Å². The Morgan fingerprint density at radius 3 is 1.87 bits per heavy atom. The first kappa shape index (κ1) is 18.3. The van der Waals surface area contributed by atoms with Gasteiger partial charge in [0, 0.05) is 0 Å². The highest BCUT2D eigenvalue weighted by Crippen LogP contribution is 2.53. The van der Waals surface area contributed by atoms with Gasteiger partial charge in [-0.05, 0) is 49.4 Å². The molecule has 0 radical (unpaired) electrons. The van der Waals surface area contributed by atoms with Crippen molar-refractivity contribution in [3.05, 3.63) is 25.3 Å². The summed E-state index contributed by atoms with van der Waals surface area (Å²) in [5, 5.41) is 0. The van der Waals surface area contributed by atoms with Crippen LogP contribution in [-0.4, -0.2) is 12.6 Å². The maximum absolute atomic E-state index is 12.5. The van der Waals surface area contributed by atoms with Crippen LogP contribution in [0.4, 0.5) is 0 Å². The molecule has 2 aliphatic rings. The number of hydrogen-bond acceptors (Lipinski definition) is 2. The quantitative estimate of drug-likeness (QED) is 0.416. The minimum Gasteiger partial charge on any atom is -0.461 e. The zero-order chi connectivity index (χ0) is 16.5. The van der Waals surface area contributed by atoms with E-state index >= 15 is 0 Å². The van der Waals surface area contributed by atoms with Crippen molar-refractivity contribution in [3.8, 4) is 0 Å². The third-order valence-corrected chi connectivity index (χ3v) is 6.20. The molecule has 0 amide bonds. The fraction of sp³-hybridized carbons (Fsp3) is 0.762. The molecule has 0 aromatic carbocycles. The number of esters is 1. The molecule has 0 atom stereocenters. The van der Waals surface area contributed by atoms with Gasteiger partial charge < -0.3 is 4.74 Å². The van der Waals surface area contributed by atoms with E-state index < -0.39 is 0 Å². The summed E-state index contributed by atoms with van der Waals surface area (Å²) in [6.45, 7) is 8.02. The van der Waals surface area contributed by atoms with Crippen molar-refractivity contribution < 1.29 is 9.53 Å². The van der Waals surface area contributed by atoms with Gasteiger partial charge in [-0.1, -0.05) is 57.3 Å². The van der Waals surface area contributed by atoms with E-state index in [0.717, 1.165) is 6.42 Å². The van der Waals surface area contributed by atoms with Crippen LogP contribution in [0.3, 0.4) is 0 Å². The first-order chi connectivity index (χ1) is 11.2. The molecule has 0 aliphatic heterocycles. The van der Waals surface area contributed by atoms with Crippen molar-refractivity contribution in [2.75, 3.05) is 6.61 Å². The van der Waals surface area contributed by atoms with Gasteiger partial charge in [-0.2, -0.15) is 0 Å². The fourth-order valence-corrected chi connectivity index (χ4v) is 5.12. The summed E-state index contributed by atoms with van der Waals surface area (Å²) < 4.78 is 5.38. The lowest BCUT2D eigenvalue weighted by atomic mass is 9.56. The topological polar surface area (TPSA) is 26.3 Å². The Labute approximate surface area is 142 Å². The van der Waals surface area contributed by atoms with Gasteiger partial charge in [0.2, 0.25) is 0 Å². The Morgan fingerprint density at radius 2 is 1.43 bits per heavy atom. The minimum absolute atomic E-state index is 0.0390. The van der Waals surface area contributed by atoms with E-state index in [0.29, 0.717) is 24.9 Å². The first-order valence-corrected chi connectivity index (χ1v) is 9.60. The molecule has 0 bridgehead atoms. The Kier molecular flexibility index (Phi) is 7.39. The highest BCUT2D eigenvalue weighted by atomic mass is 16.5. The molecule has 2 rings (SSSR count). The van der Waals surface area contributed by atoms with Crippen LogP contribution in [0, 0.1) is 17.3 Å². The molecule has 0 saturated heterocycles. The molecule has 2 saturated carbocycles. The average Bonchev–Trinajstić information content (AvgIpc) is 2.61. The van der Waals surface area contributed by atoms with Gasteiger partial charge in [-0.25, -0.2) is 0 Å². The predicted molar refractivity (Wildman–Crippen MR) is 96.2 cm³/mol. The normalized spacial score (nSPS) is 20.9. The second-order valence-electron chi connectivity index (χ2n) is 7.54. The van der Waals surface area contributed by atoms with Gasteiger partial charge in [0.25, 0.3) is 0 Å². The average molecular weight is 319 g/mol. The van der Waals surface area contributed by atoms with Crippen LogP contribution in [0.5, 0.6) is 0 Å². The number of rotatable bonds is 8. The Bertz CT molecular complexity index is 369. The summed E-state index contributed by atoms with van der Waals surface area (Å²) in [6.07, 6.45) is 18.3.